The smallest absolute Gasteiger partial charge is 0.242 e. The van der Waals surface area contributed by atoms with Gasteiger partial charge in [0, 0.05) is 18.8 Å². The van der Waals surface area contributed by atoms with Gasteiger partial charge in [0.2, 0.25) is 10.0 Å². The van der Waals surface area contributed by atoms with E-state index in [0.717, 1.165) is 19.3 Å². The number of rotatable bonds is 3. The Kier molecular flexibility index (Phi) is 4.16. The summed E-state index contributed by atoms with van der Waals surface area (Å²) >= 11 is 11.5. The molecule has 2 heterocycles. The fourth-order valence-corrected chi connectivity index (χ4v) is 4.29. The lowest BCUT2D eigenvalue weighted by atomic mass is 10.2. The molecule has 0 aliphatic carbocycles. The van der Waals surface area contributed by atoms with Crippen molar-refractivity contribution in [1.82, 2.24) is 9.29 Å². The molecule has 0 spiro atoms. The molecule has 4 nitrogen and oxygen atoms in total. The van der Waals surface area contributed by atoms with Crippen LogP contribution in [0.1, 0.15) is 26.2 Å². The second-order valence-corrected chi connectivity index (χ2v) is 6.92. The summed E-state index contributed by atoms with van der Waals surface area (Å²) in [6.45, 7) is 2.55. The third-order valence-corrected chi connectivity index (χ3v) is 5.78. The zero-order chi connectivity index (χ0) is 13.3. The highest BCUT2D eigenvalue weighted by Gasteiger charge is 2.34. The summed E-state index contributed by atoms with van der Waals surface area (Å²) < 4.78 is 26.4. The van der Waals surface area contributed by atoms with Gasteiger partial charge in [-0.3, -0.25) is 0 Å². The molecule has 0 saturated carbocycles. The molecule has 0 aromatic carbocycles. The van der Waals surface area contributed by atoms with Gasteiger partial charge in [-0.2, -0.15) is 4.31 Å². The molecule has 0 radical (unpaired) electrons. The van der Waals surface area contributed by atoms with E-state index in [0.29, 0.717) is 6.54 Å². The Hall–Kier alpha value is -0.360. The van der Waals surface area contributed by atoms with Gasteiger partial charge in [0.05, 0.1) is 5.02 Å². The predicted molar refractivity (Wildman–Crippen MR) is 71.5 cm³/mol. The van der Waals surface area contributed by atoms with Crippen LogP contribution in [-0.2, 0) is 10.0 Å². The third-order valence-electron chi connectivity index (χ3n) is 3.17. The molecule has 0 bridgehead atoms. The number of aromatic nitrogens is 1. The standard InChI is InChI=1S/C11H14Cl2N2O2S/c1-2-8-4-3-5-15(8)18(16,17)9-6-10(12)11(13)14-7-9/h6-8H,2-5H2,1H3. The fourth-order valence-electron chi connectivity index (χ4n) is 2.21. The maximum absolute atomic E-state index is 12.5. The Morgan fingerprint density at radius 3 is 2.83 bits per heavy atom. The van der Waals surface area contributed by atoms with Crippen molar-refractivity contribution >= 4 is 33.2 Å². The summed E-state index contributed by atoms with van der Waals surface area (Å²) in [5, 5.41) is 0.272. The predicted octanol–water partition coefficient (Wildman–Crippen LogP) is 2.95. The minimum atomic E-state index is -3.51. The van der Waals surface area contributed by atoms with Crippen molar-refractivity contribution in [2.45, 2.75) is 37.1 Å². The van der Waals surface area contributed by atoms with E-state index in [1.165, 1.54) is 16.6 Å². The minimum Gasteiger partial charge on any atom is -0.242 e. The van der Waals surface area contributed by atoms with Crippen LogP contribution in [0.3, 0.4) is 0 Å². The fraction of sp³-hybridized carbons (Fsp3) is 0.545. The van der Waals surface area contributed by atoms with Gasteiger partial charge in [0.1, 0.15) is 10.0 Å². The molecule has 0 N–H and O–H groups in total. The molecular formula is C11H14Cl2N2O2S. The molecule has 1 aromatic heterocycles. The summed E-state index contributed by atoms with van der Waals surface area (Å²) in [7, 11) is -3.51. The van der Waals surface area contributed by atoms with Gasteiger partial charge in [-0.1, -0.05) is 30.1 Å². The first-order chi connectivity index (χ1) is 8.46. The number of sulfonamides is 1. The van der Waals surface area contributed by atoms with E-state index >= 15 is 0 Å². The summed E-state index contributed by atoms with van der Waals surface area (Å²) in [5.41, 5.74) is 0. The number of hydrogen-bond acceptors (Lipinski definition) is 3. The van der Waals surface area contributed by atoms with E-state index in [2.05, 4.69) is 4.98 Å². The SMILES string of the molecule is CCC1CCCN1S(=O)(=O)c1cnc(Cl)c(Cl)c1. The van der Waals surface area contributed by atoms with Gasteiger partial charge in [0.25, 0.3) is 0 Å². The van der Waals surface area contributed by atoms with Crippen molar-refractivity contribution in [3.8, 4) is 0 Å². The Balaban J connectivity index is 2.38. The molecule has 1 fully saturated rings. The van der Waals surface area contributed by atoms with Crippen molar-refractivity contribution in [2.75, 3.05) is 6.54 Å². The molecule has 1 aromatic rings. The molecule has 1 saturated heterocycles. The second kappa shape index (κ2) is 5.33. The monoisotopic (exact) mass is 308 g/mol. The molecule has 7 heteroatoms. The van der Waals surface area contributed by atoms with Crippen LogP contribution in [0, 0.1) is 0 Å². The Morgan fingerprint density at radius 2 is 2.22 bits per heavy atom. The van der Waals surface area contributed by atoms with Gasteiger partial charge in [-0.15, -0.1) is 0 Å². The zero-order valence-corrected chi connectivity index (χ0v) is 12.3. The normalized spacial score (nSPS) is 21.4. The molecule has 2 rings (SSSR count). The van der Waals surface area contributed by atoms with Gasteiger partial charge in [-0.25, -0.2) is 13.4 Å². The van der Waals surface area contributed by atoms with Crippen molar-refractivity contribution in [2.24, 2.45) is 0 Å². The molecule has 0 amide bonds. The summed E-state index contributed by atoms with van der Waals surface area (Å²) in [6.07, 6.45) is 3.87. The Labute approximate surface area is 117 Å². The quantitative estimate of drug-likeness (QED) is 0.807. The average molecular weight is 309 g/mol. The van der Waals surface area contributed by atoms with Crippen molar-refractivity contribution in [3.05, 3.63) is 22.4 Å². The largest absolute Gasteiger partial charge is 0.244 e. The van der Waals surface area contributed by atoms with E-state index < -0.39 is 10.0 Å². The first kappa shape index (κ1) is 14.1. The van der Waals surface area contributed by atoms with Gasteiger partial charge in [0.15, 0.2) is 0 Å². The number of pyridine rings is 1. The molecular weight excluding hydrogens is 295 g/mol. The van der Waals surface area contributed by atoms with E-state index in [1.54, 1.807) is 0 Å². The number of halogens is 2. The number of nitrogens with zero attached hydrogens (tertiary/aromatic N) is 2. The molecule has 1 atom stereocenters. The highest BCUT2D eigenvalue weighted by atomic mass is 35.5. The Bertz CT molecular complexity index is 548. The van der Waals surface area contributed by atoms with Crippen LogP contribution in [0.25, 0.3) is 0 Å². The highest BCUT2D eigenvalue weighted by molar-refractivity contribution is 7.89. The topological polar surface area (TPSA) is 50.3 Å². The van der Waals surface area contributed by atoms with Crippen LogP contribution in [0.15, 0.2) is 17.2 Å². The second-order valence-electron chi connectivity index (χ2n) is 4.26. The minimum absolute atomic E-state index is 0.0736. The van der Waals surface area contributed by atoms with E-state index in [4.69, 9.17) is 23.2 Å². The summed E-state index contributed by atoms with van der Waals surface area (Å²) in [6, 6.07) is 1.43. The Morgan fingerprint density at radius 1 is 1.50 bits per heavy atom. The van der Waals surface area contributed by atoms with Crippen molar-refractivity contribution in [3.63, 3.8) is 0 Å². The van der Waals surface area contributed by atoms with Crippen LogP contribution >= 0.6 is 23.2 Å². The summed E-state index contributed by atoms with van der Waals surface area (Å²) in [4.78, 5) is 3.90. The molecule has 1 aliphatic heterocycles. The van der Waals surface area contributed by atoms with Crippen molar-refractivity contribution < 1.29 is 8.42 Å². The average Bonchev–Trinajstić information content (AvgIpc) is 2.81. The van der Waals surface area contributed by atoms with Crippen LogP contribution in [0.2, 0.25) is 10.2 Å². The van der Waals surface area contributed by atoms with Crippen LogP contribution in [0.5, 0.6) is 0 Å². The lowest BCUT2D eigenvalue weighted by molar-refractivity contribution is 0.379. The summed E-state index contributed by atoms with van der Waals surface area (Å²) in [5.74, 6) is 0. The highest BCUT2D eigenvalue weighted by Crippen LogP contribution is 2.29. The lowest BCUT2D eigenvalue weighted by Crippen LogP contribution is -2.35. The van der Waals surface area contributed by atoms with Gasteiger partial charge < -0.3 is 0 Å². The van der Waals surface area contributed by atoms with Crippen LogP contribution in [-0.4, -0.2) is 30.3 Å². The van der Waals surface area contributed by atoms with E-state index in [1.807, 2.05) is 6.92 Å². The van der Waals surface area contributed by atoms with Gasteiger partial charge in [-0.05, 0) is 25.3 Å². The zero-order valence-electron chi connectivity index (χ0n) is 9.94. The maximum atomic E-state index is 12.5. The van der Waals surface area contributed by atoms with Crippen molar-refractivity contribution in [1.29, 1.82) is 0 Å². The maximum Gasteiger partial charge on any atom is 0.244 e. The van der Waals surface area contributed by atoms with E-state index in [9.17, 15) is 8.42 Å². The number of hydrogen-bond donors (Lipinski definition) is 0. The first-order valence-electron chi connectivity index (χ1n) is 5.79. The van der Waals surface area contributed by atoms with E-state index in [-0.39, 0.29) is 21.1 Å². The van der Waals surface area contributed by atoms with Crippen LogP contribution < -0.4 is 0 Å². The molecule has 1 aliphatic rings. The molecule has 1 unspecified atom stereocenters. The molecule has 100 valence electrons. The van der Waals surface area contributed by atoms with Gasteiger partial charge >= 0.3 is 0 Å². The van der Waals surface area contributed by atoms with Crippen LogP contribution in [0.4, 0.5) is 0 Å². The third kappa shape index (κ3) is 2.50. The first-order valence-corrected chi connectivity index (χ1v) is 7.99. The lowest BCUT2D eigenvalue weighted by Gasteiger charge is -2.22. The molecule has 18 heavy (non-hydrogen) atoms.